The minimum Gasteiger partial charge on any atom is -0.376 e. The molecule has 0 saturated carbocycles. The minimum atomic E-state index is 0.333. The van der Waals surface area contributed by atoms with Gasteiger partial charge >= 0.3 is 0 Å². The fourth-order valence-corrected chi connectivity index (χ4v) is 3.38. The van der Waals surface area contributed by atoms with Crippen LogP contribution < -0.4 is 10.2 Å². The first-order chi connectivity index (χ1) is 11.3. The molecule has 2 aliphatic heterocycles. The number of anilines is 1. The minimum absolute atomic E-state index is 0.333. The zero-order valence-corrected chi connectivity index (χ0v) is 14.4. The van der Waals surface area contributed by atoms with Crippen LogP contribution in [0.5, 0.6) is 0 Å². The van der Waals surface area contributed by atoms with Gasteiger partial charge in [0.2, 0.25) is 0 Å². The molecule has 0 aromatic heterocycles. The Balaban J connectivity index is 1.50. The Bertz CT molecular complexity index is 537. The van der Waals surface area contributed by atoms with Gasteiger partial charge in [-0.25, -0.2) is 0 Å². The van der Waals surface area contributed by atoms with Gasteiger partial charge in [0.25, 0.3) is 0 Å². The third-order valence-electron chi connectivity index (χ3n) is 4.48. The SMILES string of the molecule is CN=C(NCC1CCCO1)N1CCN(c2cccc(Cl)c2)CC1. The summed E-state index contributed by atoms with van der Waals surface area (Å²) in [5, 5.41) is 4.25. The maximum Gasteiger partial charge on any atom is 0.193 e. The molecule has 5 nitrogen and oxygen atoms in total. The van der Waals surface area contributed by atoms with Crippen LogP contribution in [0.4, 0.5) is 5.69 Å². The van der Waals surface area contributed by atoms with E-state index >= 15 is 0 Å². The molecule has 0 amide bonds. The van der Waals surface area contributed by atoms with Crippen LogP contribution in [0, 0.1) is 0 Å². The molecule has 1 aromatic carbocycles. The Kier molecular flexibility index (Phi) is 5.62. The van der Waals surface area contributed by atoms with Crippen LogP contribution in [-0.4, -0.2) is 63.3 Å². The third kappa shape index (κ3) is 4.30. The second-order valence-corrected chi connectivity index (χ2v) is 6.45. The van der Waals surface area contributed by atoms with Crippen molar-refractivity contribution in [1.29, 1.82) is 0 Å². The number of ether oxygens (including phenoxy) is 1. The molecule has 2 fully saturated rings. The number of hydrogen-bond donors (Lipinski definition) is 1. The molecule has 126 valence electrons. The highest BCUT2D eigenvalue weighted by Gasteiger charge is 2.21. The molecule has 1 atom stereocenters. The number of piperazine rings is 1. The molecule has 0 aliphatic carbocycles. The first-order valence-electron chi connectivity index (χ1n) is 8.34. The zero-order chi connectivity index (χ0) is 16.1. The summed E-state index contributed by atoms with van der Waals surface area (Å²) in [5.41, 5.74) is 1.19. The average molecular weight is 337 g/mol. The zero-order valence-electron chi connectivity index (χ0n) is 13.7. The number of rotatable bonds is 3. The molecule has 2 saturated heterocycles. The lowest BCUT2D eigenvalue weighted by Gasteiger charge is -2.38. The second-order valence-electron chi connectivity index (χ2n) is 6.02. The topological polar surface area (TPSA) is 40.1 Å². The quantitative estimate of drug-likeness (QED) is 0.678. The van der Waals surface area contributed by atoms with Crippen LogP contribution >= 0.6 is 11.6 Å². The largest absolute Gasteiger partial charge is 0.376 e. The second kappa shape index (κ2) is 7.88. The summed E-state index contributed by atoms with van der Waals surface area (Å²) in [6, 6.07) is 8.07. The molecule has 23 heavy (non-hydrogen) atoms. The molecular weight excluding hydrogens is 312 g/mol. The third-order valence-corrected chi connectivity index (χ3v) is 4.71. The van der Waals surface area contributed by atoms with E-state index < -0.39 is 0 Å². The lowest BCUT2D eigenvalue weighted by atomic mass is 10.2. The molecule has 3 rings (SSSR count). The van der Waals surface area contributed by atoms with Gasteiger partial charge in [-0.05, 0) is 31.0 Å². The van der Waals surface area contributed by atoms with Crippen LogP contribution in [-0.2, 0) is 4.74 Å². The predicted molar refractivity (Wildman–Crippen MR) is 95.6 cm³/mol. The average Bonchev–Trinajstić information content (AvgIpc) is 3.09. The molecule has 0 radical (unpaired) electrons. The van der Waals surface area contributed by atoms with E-state index in [0.29, 0.717) is 6.10 Å². The van der Waals surface area contributed by atoms with E-state index in [1.807, 2.05) is 25.2 Å². The normalized spacial score (nSPS) is 22.5. The highest BCUT2D eigenvalue weighted by Crippen LogP contribution is 2.20. The molecule has 2 aliphatic rings. The number of benzene rings is 1. The van der Waals surface area contributed by atoms with Crippen molar-refractivity contribution in [1.82, 2.24) is 10.2 Å². The lowest BCUT2D eigenvalue weighted by molar-refractivity contribution is 0.113. The Labute approximate surface area is 143 Å². The molecule has 1 unspecified atom stereocenters. The van der Waals surface area contributed by atoms with Crippen molar-refractivity contribution in [2.75, 3.05) is 51.3 Å². The van der Waals surface area contributed by atoms with Crippen molar-refractivity contribution in [3.8, 4) is 0 Å². The molecule has 6 heteroatoms. The van der Waals surface area contributed by atoms with Crippen molar-refractivity contribution in [2.45, 2.75) is 18.9 Å². The van der Waals surface area contributed by atoms with Crippen LogP contribution in [0.25, 0.3) is 0 Å². The van der Waals surface area contributed by atoms with Gasteiger partial charge in [-0.3, -0.25) is 4.99 Å². The summed E-state index contributed by atoms with van der Waals surface area (Å²) in [6.07, 6.45) is 2.65. The van der Waals surface area contributed by atoms with Gasteiger partial charge in [0.15, 0.2) is 5.96 Å². The van der Waals surface area contributed by atoms with Gasteiger partial charge < -0.3 is 19.9 Å². The van der Waals surface area contributed by atoms with Crippen molar-refractivity contribution in [3.63, 3.8) is 0 Å². The number of guanidine groups is 1. The van der Waals surface area contributed by atoms with E-state index in [-0.39, 0.29) is 0 Å². The predicted octanol–water partition coefficient (Wildman–Crippen LogP) is 2.22. The van der Waals surface area contributed by atoms with E-state index in [9.17, 15) is 0 Å². The first kappa shape index (κ1) is 16.4. The molecule has 0 bridgehead atoms. The standard InChI is InChI=1S/C17H25ClN4O/c1-19-17(20-13-16-6-3-11-23-16)22-9-7-21(8-10-22)15-5-2-4-14(18)12-15/h2,4-5,12,16H,3,6-11,13H2,1H3,(H,19,20). The molecular formula is C17H25ClN4O. The summed E-state index contributed by atoms with van der Waals surface area (Å²) in [4.78, 5) is 9.11. The lowest BCUT2D eigenvalue weighted by Crippen LogP contribution is -2.53. The molecule has 1 aromatic rings. The summed E-state index contributed by atoms with van der Waals surface area (Å²) in [6.45, 7) is 5.60. The number of nitrogens with zero attached hydrogens (tertiary/aromatic N) is 3. The van der Waals surface area contributed by atoms with E-state index in [4.69, 9.17) is 16.3 Å². The van der Waals surface area contributed by atoms with E-state index in [2.05, 4.69) is 26.2 Å². The number of hydrogen-bond acceptors (Lipinski definition) is 3. The fraction of sp³-hybridized carbons (Fsp3) is 0.588. The Morgan fingerprint density at radius 2 is 2.17 bits per heavy atom. The maximum atomic E-state index is 6.09. The first-order valence-corrected chi connectivity index (χ1v) is 8.72. The number of aliphatic imine (C=N–C) groups is 1. The van der Waals surface area contributed by atoms with Gasteiger partial charge in [0.1, 0.15) is 0 Å². The summed E-state index contributed by atoms with van der Waals surface area (Å²) >= 11 is 6.09. The van der Waals surface area contributed by atoms with Crippen molar-refractivity contribution < 1.29 is 4.74 Å². The summed E-state index contributed by atoms with van der Waals surface area (Å²) in [5.74, 6) is 0.978. The van der Waals surface area contributed by atoms with Gasteiger partial charge in [-0.1, -0.05) is 17.7 Å². The van der Waals surface area contributed by atoms with Crippen LogP contribution in [0.3, 0.4) is 0 Å². The monoisotopic (exact) mass is 336 g/mol. The molecule has 1 N–H and O–H groups in total. The van der Waals surface area contributed by atoms with E-state index in [1.165, 1.54) is 12.1 Å². The van der Waals surface area contributed by atoms with Gasteiger partial charge in [-0.2, -0.15) is 0 Å². The van der Waals surface area contributed by atoms with E-state index in [0.717, 1.165) is 56.7 Å². The smallest absolute Gasteiger partial charge is 0.193 e. The van der Waals surface area contributed by atoms with Gasteiger partial charge in [0.05, 0.1) is 6.10 Å². The Morgan fingerprint density at radius 1 is 1.35 bits per heavy atom. The van der Waals surface area contributed by atoms with Gasteiger partial charge in [0, 0.05) is 57.1 Å². The summed E-state index contributed by atoms with van der Waals surface area (Å²) < 4.78 is 5.66. The van der Waals surface area contributed by atoms with Crippen LogP contribution in [0.15, 0.2) is 29.3 Å². The van der Waals surface area contributed by atoms with E-state index in [1.54, 1.807) is 0 Å². The van der Waals surface area contributed by atoms with Crippen LogP contribution in [0.1, 0.15) is 12.8 Å². The van der Waals surface area contributed by atoms with Crippen LogP contribution in [0.2, 0.25) is 5.02 Å². The fourth-order valence-electron chi connectivity index (χ4n) is 3.19. The van der Waals surface area contributed by atoms with Crippen molar-refractivity contribution in [3.05, 3.63) is 29.3 Å². The van der Waals surface area contributed by atoms with Crippen molar-refractivity contribution >= 4 is 23.2 Å². The molecule has 0 spiro atoms. The maximum absolute atomic E-state index is 6.09. The molecule has 2 heterocycles. The highest BCUT2D eigenvalue weighted by molar-refractivity contribution is 6.30. The highest BCUT2D eigenvalue weighted by atomic mass is 35.5. The Morgan fingerprint density at radius 3 is 2.83 bits per heavy atom. The van der Waals surface area contributed by atoms with Crippen molar-refractivity contribution in [2.24, 2.45) is 4.99 Å². The Hall–Kier alpha value is -1.46. The number of nitrogens with one attached hydrogen (secondary N) is 1. The number of halogens is 1. The summed E-state index contributed by atoms with van der Waals surface area (Å²) in [7, 11) is 1.85. The van der Waals surface area contributed by atoms with Gasteiger partial charge in [-0.15, -0.1) is 0 Å².